The van der Waals surface area contributed by atoms with Gasteiger partial charge >= 0.3 is 0 Å². The average Bonchev–Trinajstić information content (AvgIpc) is 3.50. The van der Waals surface area contributed by atoms with Gasteiger partial charge < -0.3 is 19.8 Å². The maximum absolute atomic E-state index is 14.5. The van der Waals surface area contributed by atoms with E-state index in [1.807, 2.05) is 32.0 Å². The molecule has 1 spiro atoms. The molecule has 6 atom stereocenters. The van der Waals surface area contributed by atoms with Crippen molar-refractivity contribution >= 4 is 35.2 Å². The Morgan fingerprint density at radius 2 is 1.94 bits per heavy atom. The number of anilines is 1. The zero-order chi connectivity index (χ0) is 26.4. The number of likely N-dealkylation sites (N-methyl/N-ethyl adjacent to an activating group) is 1. The van der Waals surface area contributed by atoms with Crippen LogP contribution < -0.4 is 4.90 Å². The number of aliphatic hydroxyl groups excluding tert-OH is 1. The molecule has 3 amide bonds. The zero-order valence-corrected chi connectivity index (χ0v) is 22.5. The molecule has 1 aromatic carbocycles. The Morgan fingerprint density at radius 1 is 1.25 bits per heavy atom. The van der Waals surface area contributed by atoms with E-state index in [0.29, 0.717) is 19.5 Å². The Hall–Kier alpha value is -2.58. The summed E-state index contributed by atoms with van der Waals surface area (Å²) < 4.78 is -0.700. The summed E-state index contributed by atoms with van der Waals surface area (Å²) in [7, 11) is 1.73. The SMILES string of the molecule is C=CCN(C)C(=O)[C@@H]1[C@@H]2CCC3(S2)C(C(=O)N(CC=C)c2cc(C)ccc2C)N([C@H](C)CO)C(=O)[C@H]13. The summed E-state index contributed by atoms with van der Waals surface area (Å²) in [5.74, 6) is -1.53. The van der Waals surface area contributed by atoms with Crippen LogP contribution in [0, 0.1) is 25.7 Å². The van der Waals surface area contributed by atoms with Crippen LogP contribution in [0.15, 0.2) is 43.5 Å². The van der Waals surface area contributed by atoms with Crippen LogP contribution >= 0.6 is 11.8 Å². The number of thioether (sulfide) groups is 1. The van der Waals surface area contributed by atoms with Gasteiger partial charge in [-0.3, -0.25) is 14.4 Å². The Labute approximate surface area is 218 Å². The minimum atomic E-state index is -0.769. The van der Waals surface area contributed by atoms with Crippen molar-refractivity contribution in [2.45, 2.75) is 55.7 Å². The number of fused-ring (bicyclic) bond motifs is 1. The normalized spacial score (nSPS) is 29.1. The summed E-state index contributed by atoms with van der Waals surface area (Å²) in [6.45, 7) is 13.8. The lowest BCUT2D eigenvalue weighted by atomic mass is 9.70. The smallest absolute Gasteiger partial charge is 0.251 e. The first-order valence-electron chi connectivity index (χ1n) is 12.6. The molecule has 3 fully saturated rings. The van der Waals surface area contributed by atoms with Crippen LogP contribution in [0.5, 0.6) is 0 Å². The number of carbonyl (C=O) groups excluding carboxylic acids is 3. The van der Waals surface area contributed by atoms with Crippen molar-refractivity contribution in [1.29, 1.82) is 0 Å². The minimum absolute atomic E-state index is 0.00541. The summed E-state index contributed by atoms with van der Waals surface area (Å²) in [4.78, 5) is 47.0. The molecule has 4 rings (SSSR count). The zero-order valence-electron chi connectivity index (χ0n) is 21.6. The van der Waals surface area contributed by atoms with Gasteiger partial charge in [-0.15, -0.1) is 24.9 Å². The number of hydrogen-bond acceptors (Lipinski definition) is 5. The lowest BCUT2D eigenvalue weighted by molar-refractivity contribution is -0.144. The first kappa shape index (κ1) is 26.5. The van der Waals surface area contributed by atoms with Crippen molar-refractivity contribution in [2.75, 3.05) is 31.6 Å². The summed E-state index contributed by atoms with van der Waals surface area (Å²) in [6.07, 6.45) is 4.84. The topological polar surface area (TPSA) is 81.2 Å². The van der Waals surface area contributed by atoms with Crippen LogP contribution in [0.3, 0.4) is 0 Å². The van der Waals surface area contributed by atoms with E-state index in [4.69, 9.17) is 0 Å². The molecule has 3 aliphatic heterocycles. The molecular weight excluding hydrogens is 474 g/mol. The number of hydrogen-bond donors (Lipinski definition) is 1. The van der Waals surface area contributed by atoms with Crippen molar-refractivity contribution in [2.24, 2.45) is 11.8 Å². The molecule has 3 aliphatic rings. The van der Waals surface area contributed by atoms with Crippen molar-refractivity contribution in [3.8, 4) is 0 Å². The van der Waals surface area contributed by atoms with E-state index >= 15 is 0 Å². The molecular formula is C28H37N3O4S. The van der Waals surface area contributed by atoms with Gasteiger partial charge in [0.25, 0.3) is 5.91 Å². The molecule has 36 heavy (non-hydrogen) atoms. The number of amides is 3. The fourth-order valence-corrected chi connectivity index (χ4v) is 8.54. The first-order chi connectivity index (χ1) is 17.1. The fourth-order valence-electron chi connectivity index (χ4n) is 6.35. The first-order valence-corrected chi connectivity index (χ1v) is 13.5. The molecule has 1 N–H and O–H groups in total. The molecule has 0 saturated carbocycles. The van der Waals surface area contributed by atoms with Gasteiger partial charge in [0.1, 0.15) is 6.04 Å². The standard InChI is InChI=1S/C28H37N3O4S/c1-7-13-29(6)25(33)22-21-11-12-28(36-21)23(22)26(34)31(19(5)16-32)24(28)27(35)30(14-8-2)20-15-17(3)9-10-18(20)4/h7-10,15,19,21-24,32H,1-2,11-14,16H2,3-6H3/t19-,21+,22-,23+,24?,28?/m1/s1. The molecule has 0 aliphatic carbocycles. The van der Waals surface area contributed by atoms with Gasteiger partial charge in [0, 0.05) is 31.1 Å². The molecule has 7 nitrogen and oxygen atoms in total. The van der Waals surface area contributed by atoms with Gasteiger partial charge in [0.2, 0.25) is 11.8 Å². The summed E-state index contributed by atoms with van der Waals surface area (Å²) in [6, 6.07) is 4.67. The Bertz CT molecular complexity index is 1090. The van der Waals surface area contributed by atoms with Crippen molar-refractivity contribution in [3.05, 3.63) is 54.6 Å². The third-order valence-corrected chi connectivity index (χ3v) is 9.96. The molecule has 8 heteroatoms. The Morgan fingerprint density at radius 3 is 2.58 bits per heavy atom. The van der Waals surface area contributed by atoms with E-state index in [9.17, 15) is 19.5 Å². The highest BCUT2D eigenvalue weighted by atomic mass is 32.2. The molecule has 2 unspecified atom stereocenters. The van der Waals surface area contributed by atoms with Crippen LogP contribution in [0.25, 0.3) is 0 Å². The second-order valence-corrected chi connectivity index (χ2v) is 12.0. The lowest BCUT2D eigenvalue weighted by Crippen LogP contribution is -2.57. The van der Waals surface area contributed by atoms with E-state index < -0.39 is 28.7 Å². The predicted octanol–water partition coefficient (Wildman–Crippen LogP) is 2.94. The number of likely N-dealkylation sites (tertiary alicyclic amines) is 1. The van der Waals surface area contributed by atoms with Crippen LogP contribution in [-0.2, 0) is 14.4 Å². The van der Waals surface area contributed by atoms with Crippen LogP contribution in [-0.4, -0.2) is 81.5 Å². The predicted molar refractivity (Wildman–Crippen MR) is 144 cm³/mol. The van der Waals surface area contributed by atoms with Crippen molar-refractivity contribution in [3.63, 3.8) is 0 Å². The monoisotopic (exact) mass is 511 g/mol. The van der Waals surface area contributed by atoms with E-state index in [0.717, 1.165) is 23.2 Å². The highest BCUT2D eigenvalue weighted by Crippen LogP contribution is 2.67. The van der Waals surface area contributed by atoms with Gasteiger partial charge in [-0.2, -0.15) is 0 Å². The lowest BCUT2D eigenvalue weighted by Gasteiger charge is -2.39. The highest BCUT2D eigenvalue weighted by Gasteiger charge is 2.74. The van der Waals surface area contributed by atoms with Gasteiger partial charge in [0.05, 0.1) is 29.2 Å². The second kappa shape index (κ2) is 10.1. The molecule has 3 saturated heterocycles. The van der Waals surface area contributed by atoms with Gasteiger partial charge in [0.15, 0.2) is 0 Å². The molecule has 3 heterocycles. The third kappa shape index (κ3) is 3.98. The number of carbonyl (C=O) groups is 3. The average molecular weight is 512 g/mol. The fraction of sp³-hybridized carbons (Fsp3) is 0.536. The summed E-state index contributed by atoms with van der Waals surface area (Å²) >= 11 is 1.64. The number of benzene rings is 1. The van der Waals surface area contributed by atoms with E-state index in [1.165, 1.54) is 0 Å². The highest BCUT2D eigenvalue weighted by molar-refractivity contribution is 8.02. The number of aryl methyl sites for hydroxylation is 2. The van der Waals surface area contributed by atoms with Gasteiger partial charge in [-0.05, 0) is 50.8 Å². The van der Waals surface area contributed by atoms with Crippen molar-refractivity contribution < 1.29 is 19.5 Å². The number of rotatable bonds is 9. The largest absolute Gasteiger partial charge is 0.394 e. The quantitative estimate of drug-likeness (QED) is 0.516. The van der Waals surface area contributed by atoms with E-state index in [-0.39, 0.29) is 29.6 Å². The molecule has 1 aromatic rings. The second-order valence-electron chi connectivity index (χ2n) is 10.4. The Balaban J connectivity index is 1.81. The molecule has 0 aromatic heterocycles. The van der Waals surface area contributed by atoms with Gasteiger partial charge in [-0.25, -0.2) is 0 Å². The van der Waals surface area contributed by atoms with Crippen molar-refractivity contribution in [1.82, 2.24) is 9.80 Å². The van der Waals surface area contributed by atoms with Gasteiger partial charge in [-0.1, -0.05) is 24.3 Å². The molecule has 2 bridgehead atoms. The Kier molecular flexibility index (Phi) is 7.40. The van der Waals surface area contributed by atoms with Crippen LogP contribution in [0.2, 0.25) is 0 Å². The molecule has 0 radical (unpaired) electrons. The maximum Gasteiger partial charge on any atom is 0.251 e. The molecule has 194 valence electrons. The van der Waals surface area contributed by atoms with Crippen LogP contribution in [0.1, 0.15) is 30.9 Å². The number of nitrogens with zero attached hydrogens (tertiary/aromatic N) is 3. The maximum atomic E-state index is 14.5. The van der Waals surface area contributed by atoms with E-state index in [2.05, 4.69) is 13.2 Å². The van der Waals surface area contributed by atoms with Crippen LogP contribution in [0.4, 0.5) is 5.69 Å². The third-order valence-electron chi connectivity index (χ3n) is 8.01. The minimum Gasteiger partial charge on any atom is -0.394 e. The summed E-state index contributed by atoms with van der Waals surface area (Å²) in [5.41, 5.74) is 2.78. The number of aliphatic hydroxyl groups is 1. The van der Waals surface area contributed by atoms with E-state index in [1.54, 1.807) is 52.6 Å². The summed E-state index contributed by atoms with van der Waals surface area (Å²) in [5, 5.41) is 10.1.